The Morgan fingerprint density at radius 2 is 1.86 bits per heavy atom. The van der Waals surface area contributed by atoms with Crippen LogP contribution in [-0.4, -0.2) is 20.1 Å². The van der Waals surface area contributed by atoms with Gasteiger partial charge in [0.2, 0.25) is 0 Å². The van der Waals surface area contributed by atoms with Crippen molar-refractivity contribution in [2.75, 3.05) is 0 Å². The van der Waals surface area contributed by atoms with Crippen LogP contribution in [0, 0.1) is 0 Å². The van der Waals surface area contributed by atoms with Gasteiger partial charge in [0, 0.05) is 5.56 Å². The summed E-state index contributed by atoms with van der Waals surface area (Å²) < 4.78 is 1.82. The van der Waals surface area contributed by atoms with Gasteiger partial charge in [0.15, 0.2) is 0 Å². The van der Waals surface area contributed by atoms with Crippen LogP contribution in [0.2, 0.25) is 0 Å². The summed E-state index contributed by atoms with van der Waals surface area (Å²) in [4.78, 5) is 0. The Hall–Kier alpha value is -2.36. The van der Waals surface area contributed by atoms with Crippen molar-refractivity contribution in [2.24, 2.45) is 0 Å². The van der Waals surface area contributed by atoms with Crippen LogP contribution < -0.4 is 0 Å². The minimum atomic E-state index is 0.0485. The molecule has 0 amide bonds. The molecule has 1 heterocycles. The molecule has 1 aromatic heterocycles. The predicted molar refractivity (Wildman–Crippen MR) is 83.4 cm³/mol. The van der Waals surface area contributed by atoms with Crippen molar-refractivity contribution in [3.8, 4) is 5.75 Å². The van der Waals surface area contributed by atoms with E-state index in [4.69, 9.17) is 0 Å². The summed E-state index contributed by atoms with van der Waals surface area (Å²) in [5, 5.41) is 18.4. The molecule has 4 nitrogen and oxygen atoms in total. The van der Waals surface area contributed by atoms with E-state index in [0.717, 1.165) is 16.6 Å². The lowest BCUT2D eigenvalue weighted by Crippen LogP contribution is -2.12. The first-order valence-electron chi connectivity index (χ1n) is 7.06. The molecule has 4 heteroatoms. The fourth-order valence-corrected chi connectivity index (χ4v) is 2.37. The van der Waals surface area contributed by atoms with Gasteiger partial charge in [-0.05, 0) is 35.2 Å². The number of fused-ring (bicyclic) bond motifs is 1. The quantitative estimate of drug-likeness (QED) is 0.782. The molecule has 3 aromatic rings. The lowest BCUT2D eigenvalue weighted by molar-refractivity contribution is 0.462. The van der Waals surface area contributed by atoms with Crippen LogP contribution >= 0.6 is 0 Å². The molecule has 1 N–H and O–H groups in total. The molecular formula is C17H19N3O. The summed E-state index contributed by atoms with van der Waals surface area (Å²) in [5.41, 5.74) is 3.94. The number of phenolic OH excluding ortho intramolecular Hbond substituents is 1. The van der Waals surface area contributed by atoms with Crippen molar-refractivity contribution in [1.29, 1.82) is 0 Å². The van der Waals surface area contributed by atoms with Crippen molar-refractivity contribution < 1.29 is 5.11 Å². The SMILES string of the molecule is CC(C)(C)c1ccc(O)c(Cn2nnc3ccccc32)c1. The van der Waals surface area contributed by atoms with E-state index in [-0.39, 0.29) is 5.41 Å². The van der Waals surface area contributed by atoms with Gasteiger partial charge in [-0.25, -0.2) is 4.68 Å². The smallest absolute Gasteiger partial charge is 0.120 e. The van der Waals surface area contributed by atoms with E-state index in [1.54, 1.807) is 6.07 Å². The average molecular weight is 281 g/mol. The maximum Gasteiger partial charge on any atom is 0.120 e. The third-order valence-electron chi connectivity index (χ3n) is 3.69. The van der Waals surface area contributed by atoms with Gasteiger partial charge < -0.3 is 5.11 Å². The minimum Gasteiger partial charge on any atom is -0.508 e. The summed E-state index contributed by atoms with van der Waals surface area (Å²) >= 11 is 0. The lowest BCUT2D eigenvalue weighted by atomic mass is 9.86. The summed E-state index contributed by atoms with van der Waals surface area (Å²) in [6.45, 7) is 6.99. The molecule has 0 fully saturated rings. The van der Waals surface area contributed by atoms with Gasteiger partial charge in [0.1, 0.15) is 11.3 Å². The third-order valence-corrected chi connectivity index (χ3v) is 3.69. The molecule has 0 radical (unpaired) electrons. The first-order chi connectivity index (χ1) is 9.95. The highest BCUT2D eigenvalue weighted by Gasteiger charge is 2.16. The summed E-state index contributed by atoms with van der Waals surface area (Å²) in [5.74, 6) is 0.294. The Morgan fingerprint density at radius 3 is 2.62 bits per heavy atom. The minimum absolute atomic E-state index is 0.0485. The molecule has 108 valence electrons. The van der Waals surface area contributed by atoms with Crippen LogP contribution in [0.3, 0.4) is 0 Å². The molecule has 0 spiro atoms. The lowest BCUT2D eigenvalue weighted by Gasteiger charge is -2.20. The second-order valence-corrected chi connectivity index (χ2v) is 6.33. The Balaban J connectivity index is 2.01. The van der Waals surface area contributed by atoms with E-state index in [1.165, 1.54) is 5.56 Å². The van der Waals surface area contributed by atoms with Gasteiger partial charge in [0.25, 0.3) is 0 Å². The summed E-state index contributed by atoms with van der Waals surface area (Å²) in [6, 6.07) is 13.6. The van der Waals surface area contributed by atoms with Crippen molar-refractivity contribution in [3.05, 3.63) is 53.6 Å². The Labute approximate surface area is 124 Å². The van der Waals surface area contributed by atoms with E-state index in [9.17, 15) is 5.11 Å². The van der Waals surface area contributed by atoms with E-state index in [1.807, 2.05) is 41.1 Å². The molecule has 0 aliphatic carbocycles. The highest BCUT2D eigenvalue weighted by molar-refractivity contribution is 5.73. The van der Waals surface area contributed by atoms with Gasteiger partial charge in [-0.15, -0.1) is 5.10 Å². The van der Waals surface area contributed by atoms with Gasteiger partial charge in [0.05, 0.1) is 12.1 Å². The number of benzene rings is 2. The van der Waals surface area contributed by atoms with Crippen molar-refractivity contribution in [3.63, 3.8) is 0 Å². The molecule has 0 atom stereocenters. The molecule has 0 unspecified atom stereocenters. The van der Waals surface area contributed by atoms with Gasteiger partial charge in [-0.2, -0.15) is 0 Å². The Kier molecular flexibility index (Phi) is 3.16. The van der Waals surface area contributed by atoms with Crippen LogP contribution in [0.4, 0.5) is 0 Å². The van der Waals surface area contributed by atoms with Crippen molar-refractivity contribution in [2.45, 2.75) is 32.7 Å². The Bertz CT molecular complexity index is 784. The number of phenols is 1. The topological polar surface area (TPSA) is 50.9 Å². The zero-order chi connectivity index (χ0) is 15.0. The normalized spacial score (nSPS) is 12.0. The number of hydrogen-bond donors (Lipinski definition) is 1. The van der Waals surface area contributed by atoms with E-state index in [0.29, 0.717) is 12.3 Å². The van der Waals surface area contributed by atoms with Crippen LogP contribution in [0.1, 0.15) is 31.9 Å². The summed E-state index contributed by atoms with van der Waals surface area (Å²) in [6.07, 6.45) is 0. The van der Waals surface area contributed by atoms with Crippen LogP contribution in [0.25, 0.3) is 11.0 Å². The largest absolute Gasteiger partial charge is 0.508 e. The van der Waals surface area contributed by atoms with Crippen molar-refractivity contribution in [1.82, 2.24) is 15.0 Å². The molecule has 0 saturated carbocycles. The molecule has 0 aliphatic rings. The number of aromatic nitrogens is 3. The maximum atomic E-state index is 10.1. The monoisotopic (exact) mass is 281 g/mol. The molecular weight excluding hydrogens is 262 g/mol. The molecule has 0 aliphatic heterocycles. The van der Waals surface area contributed by atoms with Crippen LogP contribution in [0.5, 0.6) is 5.75 Å². The Morgan fingerprint density at radius 1 is 1.10 bits per heavy atom. The van der Waals surface area contributed by atoms with Gasteiger partial charge >= 0.3 is 0 Å². The maximum absolute atomic E-state index is 10.1. The zero-order valence-corrected chi connectivity index (χ0v) is 12.5. The summed E-state index contributed by atoms with van der Waals surface area (Å²) in [7, 11) is 0. The predicted octanol–water partition coefficient (Wildman–Crippen LogP) is 3.48. The number of hydrogen-bond acceptors (Lipinski definition) is 3. The van der Waals surface area contributed by atoms with Gasteiger partial charge in [-0.1, -0.05) is 44.2 Å². The number of nitrogens with zero attached hydrogens (tertiary/aromatic N) is 3. The van der Waals surface area contributed by atoms with E-state index < -0.39 is 0 Å². The fourth-order valence-electron chi connectivity index (χ4n) is 2.37. The highest BCUT2D eigenvalue weighted by Crippen LogP contribution is 2.28. The fraction of sp³-hybridized carbons (Fsp3) is 0.294. The first kappa shape index (κ1) is 13.6. The second kappa shape index (κ2) is 4.88. The van der Waals surface area contributed by atoms with E-state index >= 15 is 0 Å². The second-order valence-electron chi connectivity index (χ2n) is 6.33. The average Bonchev–Trinajstić information content (AvgIpc) is 2.83. The van der Waals surface area contributed by atoms with Crippen LogP contribution in [0.15, 0.2) is 42.5 Å². The van der Waals surface area contributed by atoms with Gasteiger partial charge in [-0.3, -0.25) is 0 Å². The number of rotatable bonds is 2. The molecule has 0 bridgehead atoms. The molecule has 2 aromatic carbocycles. The van der Waals surface area contributed by atoms with E-state index in [2.05, 4.69) is 31.1 Å². The molecule has 21 heavy (non-hydrogen) atoms. The highest BCUT2D eigenvalue weighted by atomic mass is 16.3. The van der Waals surface area contributed by atoms with Crippen LogP contribution in [-0.2, 0) is 12.0 Å². The molecule has 0 saturated heterocycles. The first-order valence-corrected chi connectivity index (χ1v) is 7.06. The molecule has 3 rings (SSSR count). The third kappa shape index (κ3) is 2.61. The number of aromatic hydroxyl groups is 1. The van der Waals surface area contributed by atoms with Crippen molar-refractivity contribution >= 4 is 11.0 Å². The zero-order valence-electron chi connectivity index (χ0n) is 12.5. The standard InChI is InChI=1S/C17H19N3O/c1-17(2,3)13-8-9-16(21)12(10-13)11-20-15-7-5-4-6-14(15)18-19-20/h4-10,21H,11H2,1-3H3. The number of para-hydroxylation sites is 1.